The molecule has 0 saturated carbocycles. The Morgan fingerprint density at radius 2 is 2.35 bits per heavy atom. The third kappa shape index (κ3) is 3.35. The molecule has 8 heteroatoms. The Balaban J connectivity index is 1.82. The highest BCUT2D eigenvalue weighted by Gasteiger charge is 2.22. The van der Waals surface area contributed by atoms with Crippen LogP contribution in [0.2, 0.25) is 5.02 Å². The Morgan fingerprint density at radius 3 is 3.04 bits per heavy atom. The monoisotopic (exact) mass is 338 g/mol. The molecule has 0 spiro atoms. The zero-order valence-corrected chi connectivity index (χ0v) is 13.3. The molecule has 2 aromatic rings. The number of benzene rings is 1. The number of carbonyl (C=O) groups is 1. The van der Waals surface area contributed by atoms with E-state index in [1.807, 2.05) is 0 Å². The van der Waals surface area contributed by atoms with Crippen LogP contribution in [0.15, 0.2) is 18.2 Å². The Labute approximate surface area is 137 Å². The Hall–Kier alpha value is -1.99. The zero-order valence-electron chi connectivity index (χ0n) is 12.6. The number of nitrogens with one attached hydrogen (secondary N) is 1. The molecule has 122 valence electrons. The molecule has 0 radical (unpaired) electrons. The lowest BCUT2D eigenvalue weighted by Crippen LogP contribution is -2.41. The molecule has 1 saturated heterocycles. The fraction of sp³-hybridized carbons (Fsp3) is 0.400. The third-order valence-corrected chi connectivity index (χ3v) is 3.98. The van der Waals surface area contributed by atoms with Gasteiger partial charge in [-0.3, -0.25) is 4.79 Å². The largest absolute Gasteiger partial charge is 0.379 e. The molecule has 6 nitrogen and oxygen atoms in total. The quantitative estimate of drug-likeness (QED) is 0.932. The summed E-state index contributed by atoms with van der Waals surface area (Å²) in [6, 6.07) is 4.21. The van der Waals surface area contributed by atoms with Gasteiger partial charge in [0, 0.05) is 11.6 Å². The van der Waals surface area contributed by atoms with E-state index in [1.54, 1.807) is 13.0 Å². The van der Waals surface area contributed by atoms with Gasteiger partial charge in [0.25, 0.3) is 5.91 Å². The summed E-state index contributed by atoms with van der Waals surface area (Å²) < 4.78 is 20.6. The van der Waals surface area contributed by atoms with Crippen LogP contribution in [0, 0.1) is 12.7 Å². The molecule has 2 heterocycles. The van der Waals surface area contributed by atoms with Gasteiger partial charge in [0.05, 0.1) is 18.3 Å². The van der Waals surface area contributed by atoms with Gasteiger partial charge in [0.15, 0.2) is 5.69 Å². The zero-order chi connectivity index (χ0) is 16.4. The van der Waals surface area contributed by atoms with Crippen molar-refractivity contribution in [1.29, 1.82) is 0 Å². The lowest BCUT2D eigenvalue weighted by molar-refractivity contribution is 0.0621. The summed E-state index contributed by atoms with van der Waals surface area (Å²) in [6.07, 6.45) is 1.78. The molecule has 1 aromatic carbocycles. The summed E-state index contributed by atoms with van der Waals surface area (Å²) in [5.74, 6) is -0.864. The van der Waals surface area contributed by atoms with E-state index in [-0.39, 0.29) is 23.3 Å². The average molecular weight is 339 g/mol. The second kappa shape index (κ2) is 6.64. The van der Waals surface area contributed by atoms with Gasteiger partial charge in [-0.15, -0.1) is 5.10 Å². The number of halogens is 2. The number of hydrogen-bond acceptors (Lipinski definition) is 4. The SMILES string of the molecule is Cc1c(C(=O)NC2CCCOC2)nnn1-c1ccc(Cl)cc1F. The summed E-state index contributed by atoms with van der Waals surface area (Å²) in [5, 5.41) is 10.9. The molecule has 1 amide bonds. The Kier molecular flexibility index (Phi) is 4.58. The van der Waals surface area contributed by atoms with Crippen molar-refractivity contribution in [3.63, 3.8) is 0 Å². The Morgan fingerprint density at radius 1 is 1.52 bits per heavy atom. The van der Waals surface area contributed by atoms with E-state index in [2.05, 4.69) is 15.6 Å². The molecule has 1 aliphatic heterocycles. The van der Waals surface area contributed by atoms with Gasteiger partial charge < -0.3 is 10.1 Å². The number of hydrogen-bond donors (Lipinski definition) is 1. The van der Waals surface area contributed by atoms with E-state index < -0.39 is 5.82 Å². The average Bonchev–Trinajstić information content (AvgIpc) is 2.90. The lowest BCUT2D eigenvalue weighted by Gasteiger charge is -2.22. The number of amides is 1. The molecule has 1 atom stereocenters. The highest BCUT2D eigenvalue weighted by molar-refractivity contribution is 6.30. The minimum absolute atomic E-state index is 0.0342. The van der Waals surface area contributed by atoms with Crippen molar-refractivity contribution in [3.8, 4) is 5.69 Å². The smallest absolute Gasteiger partial charge is 0.274 e. The first kappa shape index (κ1) is 15.9. The second-order valence-corrected chi connectivity index (χ2v) is 5.85. The van der Waals surface area contributed by atoms with Crippen LogP contribution in [0.4, 0.5) is 4.39 Å². The third-order valence-electron chi connectivity index (χ3n) is 3.74. The highest BCUT2D eigenvalue weighted by Crippen LogP contribution is 2.20. The minimum Gasteiger partial charge on any atom is -0.379 e. The minimum atomic E-state index is -0.530. The fourth-order valence-corrected chi connectivity index (χ4v) is 2.69. The molecular formula is C15H16ClFN4O2. The van der Waals surface area contributed by atoms with Crippen molar-refractivity contribution in [2.24, 2.45) is 0 Å². The van der Waals surface area contributed by atoms with Crippen LogP contribution in [-0.4, -0.2) is 40.2 Å². The van der Waals surface area contributed by atoms with Crippen LogP contribution in [0.1, 0.15) is 29.0 Å². The van der Waals surface area contributed by atoms with Gasteiger partial charge >= 0.3 is 0 Å². The maximum Gasteiger partial charge on any atom is 0.274 e. The van der Waals surface area contributed by atoms with Crippen molar-refractivity contribution in [2.45, 2.75) is 25.8 Å². The standard InChI is InChI=1S/C15H16ClFN4O2/c1-9-14(15(22)18-11-3-2-6-23-8-11)19-20-21(9)13-5-4-10(16)7-12(13)17/h4-5,7,11H,2-3,6,8H2,1H3,(H,18,22). The van der Waals surface area contributed by atoms with Gasteiger partial charge in [-0.05, 0) is 38.0 Å². The molecule has 1 aromatic heterocycles. The van der Waals surface area contributed by atoms with E-state index in [1.165, 1.54) is 16.8 Å². The first-order chi connectivity index (χ1) is 11.1. The molecular weight excluding hydrogens is 323 g/mol. The van der Waals surface area contributed by atoms with Gasteiger partial charge in [-0.25, -0.2) is 9.07 Å². The van der Waals surface area contributed by atoms with Gasteiger partial charge in [0.1, 0.15) is 11.5 Å². The molecule has 23 heavy (non-hydrogen) atoms. The van der Waals surface area contributed by atoms with Crippen LogP contribution in [0.5, 0.6) is 0 Å². The van der Waals surface area contributed by atoms with E-state index in [4.69, 9.17) is 16.3 Å². The van der Waals surface area contributed by atoms with E-state index in [0.717, 1.165) is 19.4 Å². The molecule has 0 aliphatic carbocycles. The summed E-state index contributed by atoms with van der Waals surface area (Å²) in [7, 11) is 0. The summed E-state index contributed by atoms with van der Waals surface area (Å²) in [4.78, 5) is 12.3. The van der Waals surface area contributed by atoms with Crippen LogP contribution in [0.25, 0.3) is 5.69 Å². The second-order valence-electron chi connectivity index (χ2n) is 5.42. The first-order valence-corrected chi connectivity index (χ1v) is 7.70. The number of ether oxygens (including phenoxy) is 1. The molecule has 1 aliphatic rings. The number of nitrogens with zero attached hydrogens (tertiary/aromatic N) is 3. The molecule has 0 bridgehead atoms. The number of rotatable bonds is 3. The van der Waals surface area contributed by atoms with Crippen molar-refractivity contribution in [3.05, 3.63) is 40.4 Å². The molecule has 1 N–H and O–H groups in total. The molecule has 3 rings (SSSR count). The topological polar surface area (TPSA) is 69.0 Å². The van der Waals surface area contributed by atoms with Crippen LogP contribution < -0.4 is 5.32 Å². The lowest BCUT2D eigenvalue weighted by atomic mass is 10.1. The number of aromatic nitrogens is 3. The highest BCUT2D eigenvalue weighted by atomic mass is 35.5. The van der Waals surface area contributed by atoms with Crippen molar-refractivity contribution in [1.82, 2.24) is 20.3 Å². The van der Waals surface area contributed by atoms with Gasteiger partial charge in [-0.2, -0.15) is 0 Å². The van der Waals surface area contributed by atoms with Gasteiger partial charge in [-0.1, -0.05) is 16.8 Å². The van der Waals surface area contributed by atoms with E-state index in [9.17, 15) is 9.18 Å². The maximum absolute atomic E-state index is 14.0. The predicted molar refractivity (Wildman–Crippen MR) is 82.4 cm³/mol. The van der Waals surface area contributed by atoms with E-state index >= 15 is 0 Å². The predicted octanol–water partition coefficient (Wildman–Crippen LogP) is 2.28. The summed E-state index contributed by atoms with van der Waals surface area (Å²) >= 11 is 5.75. The summed E-state index contributed by atoms with van der Waals surface area (Å²) in [5.41, 5.74) is 0.824. The van der Waals surface area contributed by atoms with Gasteiger partial charge in [0.2, 0.25) is 0 Å². The Bertz CT molecular complexity index is 728. The maximum atomic E-state index is 14.0. The van der Waals surface area contributed by atoms with E-state index in [0.29, 0.717) is 17.3 Å². The summed E-state index contributed by atoms with van der Waals surface area (Å²) in [6.45, 7) is 2.88. The van der Waals surface area contributed by atoms with Crippen LogP contribution in [0.3, 0.4) is 0 Å². The fourth-order valence-electron chi connectivity index (χ4n) is 2.53. The van der Waals surface area contributed by atoms with Crippen molar-refractivity contribution in [2.75, 3.05) is 13.2 Å². The van der Waals surface area contributed by atoms with Crippen molar-refractivity contribution >= 4 is 17.5 Å². The molecule has 1 fully saturated rings. The first-order valence-electron chi connectivity index (χ1n) is 7.32. The normalized spacial score (nSPS) is 18.0. The number of carbonyl (C=O) groups excluding carboxylic acids is 1. The van der Waals surface area contributed by atoms with Crippen LogP contribution >= 0.6 is 11.6 Å². The van der Waals surface area contributed by atoms with Crippen molar-refractivity contribution < 1.29 is 13.9 Å². The van der Waals surface area contributed by atoms with Crippen LogP contribution in [-0.2, 0) is 4.74 Å². The molecule has 1 unspecified atom stereocenters.